The van der Waals surface area contributed by atoms with Gasteiger partial charge in [0.2, 0.25) is 5.91 Å². The van der Waals surface area contributed by atoms with Crippen molar-refractivity contribution in [2.24, 2.45) is 0 Å². The third kappa shape index (κ3) is 4.38. The number of benzene rings is 1. The van der Waals surface area contributed by atoms with Crippen LogP contribution >= 0.6 is 11.6 Å². The molecule has 0 saturated heterocycles. The van der Waals surface area contributed by atoms with Crippen molar-refractivity contribution in [2.75, 3.05) is 5.32 Å². The fourth-order valence-electron chi connectivity index (χ4n) is 1.49. The van der Waals surface area contributed by atoms with Crippen molar-refractivity contribution in [3.8, 4) is 11.8 Å². The molecule has 0 bridgehead atoms. The highest BCUT2D eigenvalue weighted by molar-refractivity contribution is 6.32. The summed E-state index contributed by atoms with van der Waals surface area (Å²) in [7, 11) is 0. The molecule has 0 heterocycles. The Morgan fingerprint density at radius 1 is 1.45 bits per heavy atom. The van der Waals surface area contributed by atoms with Crippen molar-refractivity contribution in [2.45, 2.75) is 6.92 Å². The number of phenolic OH excluding ortho intramolecular Hbond substituents is 1. The zero-order valence-corrected chi connectivity index (χ0v) is 12.1. The molecule has 0 aliphatic carbocycles. The first-order valence-corrected chi connectivity index (χ1v) is 6.17. The van der Waals surface area contributed by atoms with Crippen LogP contribution in [0.15, 0.2) is 29.6 Å². The minimum absolute atomic E-state index is 0.00324. The standard InChI is InChI=1S/C15H9ClN4O2/c1-9(21)20-14-6-10(5-13(16)15(14)22)4-11(18-2)7-12(8-17)19-3/h4-7,22H,1H3,(H,20,21)/b11-4+,12-7-. The van der Waals surface area contributed by atoms with E-state index in [0.29, 0.717) is 5.56 Å². The van der Waals surface area contributed by atoms with E-state index >= 15 is 0 Å². The fraction of sp³-hybridized carbons (Fsp3) is 0.0667. The number of amides is 1. The summed E-state index contributed by atoms with van der Waals surface area (Å²) >= 11 is 5.87. The molecule has 1 amide bonds. The highest BCUT2D eigenvalue weighted by Crippen LogP contribution is 2.34. The lowest BCUT2D eigenvalue weighted by atomic mass is 10.1. The molecule has 22 heavy (non-hydrogen) atoms. The number of nitrogens with one attached hydrogen (secondary N) is 1. The molecule has 0 saturated carbocycles. The number of hydrogen-bond donors (Lipinski definition) is 2. The second-order valence-corrected chi connectivity index (χ2v) is 4.42. The van der Waals surface area contributed by atoms with E-state index in [2.05, 4.69) is 15.0 Å². The number of aromatic hydroxyl groups is 1. The molecule has 7 heteroatoms. The van der Waals surface area contributed by atoms with Gasteiger partial charge in [-0.25, -0.2) is 15.0 Å². The summed E-state index contributed by atoms with van der Waals surface area (Å²) < 4.78 is 0. The molecule has 108 valence electrons. The van der Waals surface area contributed by atoms with E-state index in [9.17, 15) is 9.90 Å². The third-order valence-electron chi connectivity index (χ3n) is 2.36. The summed E-state index contributed by atoms with van der Waals surface area (Å²) in [4.78, 5) is 17.3. The van der Waals surface area contributed by atoms with Gasteiger partial charge in [0.05, 0.1) is 29.9 Å². The second-order valence-electron chi connectivity index (χ2n) is 4.01. The lowest BCUT2D eigenvalue weighted by molar-refractivity contribution is -0.114. The van der Waals surface area contributed by atoms with Gasteiger partial charge in [0.15, 0.2) is 11.4 Å². The van der Waals surface area contributed by atoms with Crippen LogP contribution in [0, 0.1) is 24.5 Å². The first-order chi connectivity index (χ1) is 10.4. The second kappa shape index (κ2) is 7.50. The first-order valence-electron chi connectivity index (χ1n) is 5.79. The summed E-state index contributed by atoms with van der Waals surface area (Å²) in [5, 5.41) is 20.9. The topological polar surface area (TPSA) is 81.8 Å². The van der Waals surface area contributed by atoms with Crippen LogP contribution in [0.4, 0.5) is 5.69 Å². The van der Waals surface area contributed by atoms with Gasteiger partial charge in [-0.05, 0) is 23.8 Å². The molecule has 2 N–H and O–H groups in total. The molecule has 6 nitrogen and oxygen atoms in total. The normalized spacial score (nSPS) is 11.0. The molecule has 0 fully saturated rings. The third-order valence-corrected chi connectivity index (χ3v) is 2.65. The molecule has 0 spiro atoms. The van der Waals surface area contributed by atoms with E-state index in [0.717, 1.165) is 6.08 Å². The summed E-state index contributed by atoms with van der Waals surface area (Å²) in [5.74, 6) is -0.676. The smallest absolute Gasteiger partial charge is 0.251 e. The van der Waals surface area contributed by atoms with Crippen molar-refractivity contribution in [1.82, 2.24) is 0 Å². The minimum Gasteiger partial charge on any atom is -0.504 e. The van der Waals surface area contributed by atoms with Gasteiger partial charge in [0.25, 0.3) is 5.70 Å². The Balaban J connectivity index is 3.36. The van der Waals surface area contributed by atoms with E-state index in [-0.39, 0.29) is 27.9 Å². The molecule has 0 aliphatic heterocycles. The zero-order valence-electron chi connectivity index (χ0n) is 11.4. The average Bonchev–Trinajstić information content (AvgIpc) is 2.47. The van der Waals surface area contributed by atoms with Crippen LogP contribution in [0.2, 0.25) is 5.02 Å². The Kier molecular flexibility index (Phi) is 5.72. The van der Waals surface area contributed by atoms with E-state index in [1.165, 1.54) is 25.1 Å². The van der Waals surface area contributed by atoms with Crippen LogP contribution in [0.5, 0.6) is 5.75 Å². The number of carbonyl (C=O) groups is 1. The number of halogens is 1. The number of allylic oxidation sites excluding steroid dienone is 2. The zero-order chi connectivity index (χ0) is 16.7. The maximum Gasteiger partial charge on any atom is 0.251 e. The molecule has 1 aromatic rings. The van der Waals surface area contributed by atoms with E-state index in [1.54, 1.807) is 6.07 Å². The van der Waals surface area contributed by atoms with Gasteiger partial charge in [-0.2, -0.15) is 0 Å². The Labute approximate surface area is 132 Å². The van der Waals surface area contributed by atoms with Crippen LogP contribution in [-0.4, -0.2) is 11.0 Å². The molecule has 0 unspecified atom stereocenters. The number of nitriles is 1. The Morgan fingerprint density at radius 2 is 2.14 bits per heavy atom. The Morgan fingerprint density at radius 3 is 2.64 bits per heavy atom. The maximum absolute atomic E-state index is 11.1. The molecule has 0 aromatic heterocycles. The van der Waals surface area contributed by atoms with Crippen molar-refractivity contribution < 1.29 is 9.90 Å². The Hall–Kier alpha value is -3.27. The highest BCUT2D eigenvalue weighted by Gasteiger charge is 2.09. The highest BCUT2D eigenvalue weighted by atomic mass is 35.5. The largest absolute Gasteiger partial charge is 0.504 e. The fourth-order valence-corrected chi connectivity index (χ4v) is 1.72. The SMILES string of the molecule is [C-]#[N+]/C(C#N)=C\C(=C/c1cc(Cl)c(O)c(NC(C)=O)c1)[N+]#[C-]. The first kappa shape index (κ1) is 16.8. The summed E-state index contributed by atoms with van der Waals surface area (Å²) in [5.41, 5.74) is 0.346. The lowest BCUT2D eigenvalue weighted by Crippen LogP contribution is -2.06. The molecule has 0 radical (unpaired) electrons. The minimum atomic E-state index is -0.391. The monoisotopic (exact) mass is 312 g/mol. The van der Waals surface area contributed by atoms with Crippen molar-refractivity contribution in [3.63, 3.8) is 0 Å². The molecular formula is C15H9ClN4O2. The predicted molar refractivity (Wildman–Crippen MR) is 82.3 cm³/mol. The van der Waals surface area contributed by atoms with Gasteiger partial charge < -0.3 is 10.4 Å². The predicted octanol–water partition coefficient (Wildman–Crippen LogP) is 3.59. The molecule has 0 aliphatic rings. The van der Waals surface area contributed by atoms with Crippen LogP contribution < -0.4 is 5.32 Å². The summed E-state index contributed by atoms with van der Waals surface area (Å²) in [6.45, 7) is 15.1. The van der Waals surface area contributed by atoms with Gasteiger partial charge in [0, 0.05) is 6.92 Å². The quantitative estimate of drug-likeness (QED) is 0.387. The summed E-state index contributed by atoms with van der Waals surface area (Å²) in [6.07, 6.45) is 2.52. The summed E-state index contributed by atoms with van der Waals surface area (Å²) in [6, 6.07) is 4.48. The average molecular weight is 313 g/mol. The number of anilines is 1. The van der Waals surface area contributed by atoms with Gasteiger partial charge in [-0.15, -0.1) is 0 Å². The van der Waals surface area contributed by atoms with Gasteiger partial charge in [0.1, 0.15) is 0 Å². The van der Waals surface area contributed by atoms with Crippen LogP contribution in [0.3, 0.4) is 0 Å². The van der Waals surface area contributed by atoms with E-state index in [1.807, 2.05) is 0 Å². The number of rotatable bonds is 3. The van der Waals surface area contributed by atoms with E-state index in [4.69, 9.17) is 30.0 Å². The van der Waals surface area contributed by atoms with Crippen molar-refractivity contribution in [3.05, 3.63) is 63.0 Å². The van der Waals surface area contributed by atoms with Crippen molar-refractivity contribution >= 4 is 29.3 Å². The van der Waals surface area contributed by atoms with E-state index < -0.39 is 5.91 Å². The number of nitrogens with zero attached hydrogens (tertiary/aromatic N) is 3. The molecule has 1 rings (SSSR count). The Bertz CT molecular complexity index is 789. The number of hydrogen-bond acceptors (Lipinski definition) is 3. The van der Waals surface area contributed by atoms with Crippen molar-refractivity contribution in [1.29, 1.82) is 5.26 Å². The number of carbonyl (C=O) groups excluding carboxylic acids is 1. The van der Waals surface area contributed by atoms with Gasteiger partial charge in [-0.3, -0.25) is 4.79 Å². The maximum atomic E-state index is 11.1. The number of phenols is 1. The van der Waals surface area contributed by atoms with Crippen LogP contribution in [0.25, 0.3) is 15.8 Å². The van der Waals surface area contributed by atoms with Crippen LogP contribution in [-0.2, 0) is 4.79 Å². The molecule has 0 atom stereocenters. The van der Waals surface area contributed by atoms with Gasteiger partial charge >= 0.3 is 0 Å². The lowest BCUT2D eigenvalue weighted by Gasteiger charge is -2.08. The van der Waals surface area contributed by atoms with Crippen LogP contribution in [0.1, 0.15) is 12.5 Å². The molecule has 1 aromatic carbocycles. The van der Waals surface area contributed by atoms with Gasteiger partial charge in [-0.1, -0.05) is 17.7 Å². The molecular weight excluding hydrogens is 304 g/mol.